The van der Waals surface area contributed by atoms with Gasteiger partial charge < -0.3 is 15.4 Å². The Morgan fingerprint density at radius 1 is 1.06 bits per heavy atom. The topological polar surface area (TPSA) is 66.5 Å². The first-order valence-electron chi connectivity index (χ1n) is 11.0. The number of nitrogens with one attached hydrogen (secondary N) is 2. The number of aryl methyl sites for hydroxylation is 1. The van der Waals surface area contributed by atoms with Crippen LogP contribution in [-0.4, -0.2) is 29.6 Å². The smallest absolute Gasteiger partial charge is 0.319 e. The Labute approximate surface area is 189 Å². The molecule has 1 atom stereocenters. The number of carbonyl (C=O) groups excluding carboxylic acids is 1. The van der Waals surface area contributed by atoms with Gasteiger partial charge in [-0.3, -0.25) is 9.88 Å². The van der Waals surface area contributed by atoms with E-state index in [0.29, 0.717) is 12.6 Å². The van der Waals surface area contributed by atoms with Gasteiger partial charge in [-0.15, -0.1) is 0 Å². The van der Waals surface area contributed by atoms with Crippen LogP contribution in [0.5, 0.6) is 5.75 Å². The first-order chi connectivity index (χ1) is 15.6. The number of ether oxygens (including phenoxy) is 1. The van der Waals surface area contributed by atoms with Crippen molar-refractivity contribution in [3.8, 4) is 5.75 Å². The van der Waals surface area contributed by atoms with Crippen molar-refractivity contribution in [2.24, 2.45) is 0 Å². The van der Waals surface area contributed by atoms with E-state index in [1.165, 1.54) is 12.0 Å². The third-order valence-electron chi connectivity index (χ3n) is 5.82. The SMILES string of the molecule is COc1ccc(CNC(=O)Nc2ccc(CN3CCCC3c3cccc(C)n3)cc2)cc1. The molecule has 1 aromatic heterocycles. The van der Waals surface area contributed by atoms with Crippen molar-refractivity contribution in [3.05, 3.63) is 89.2 Å². The van der Waals surface area contributed by atoms with Crippen LogP contribution in [0.4, 0.5) is 10.5 Å². The molecule has 0 bridgehead atoms. The highest BCUT2D eigenvalue weighted by Gasteiger charge is 2.26. The van der Waals surface area contributed by atoms with Gasteiger partial charge in [0.05, 0.1) is 18.8 Å². The van der Waals surface area contributed by atoms with Gasteiger partial charge in [-0.2, -0.15) is 0 Å². The minimum absolute atomic E-state index is 0.223. The molecule has 0 saturated carbocycles. The Hall–Kier alpha value is -3.38. The average molecular weight is 431 g/mol. The molecule has 1 aliphatic rings. The van der Waals surface area contributed by atoms with Crippen LogP contribution in [0.3, 0.4) is 0 Å². The van der Waals surface area contributed by atoms with Crippen molar-refractivity contribution in [2.75, 3.05) is 19.0 Å². The van der Waals surface area contributed by atoms with E-state index in [9.17, 15) is 4.79 Å². The maximum Gasteiger partial charge on any atom is 0.319 e. The van der Waals surface area contributed by atoms with Gasteiger partial charge in [0.2, 0.25) is 0 Å². The van der Waals surface area contributed by atoms with Gasteiger partial charge in [0, 0.05) is 24.5 Å². The van der Waals surface area contributed by atoms with E-state index < -0.39 is 0 Å². The molecular formula is C26H30N4O2. The molecule has 1 saturated heterocycles. The van der Waals surface area contributed by atoms with Gasteiger partial charge in [0.25, 0.3) is 0 Å². The van der Waals surface area contributed by atoms with Crippen molar-refractivity contribution in [1.29, 1.82) is 0 Å². The Bertz CT molecular complexity index is 1030. The highest BCUT2D eigenvalue weighted by atomic mass is 16.5. The number of aromatic nitrogens is 1. The van der Waals surface area contributed by atoms with E-state index in [1.807, 2.05) is 49.4 Å². The van der Waals surface area contributed by atoms with Gasteiger partial charge in [-0.05, 0) is 73.8 Å². The minimum Gasteiger partial charge on any atom is -0.497 e. The first-order valence-corrected chi connectivity index (χ1v) is 11.0. The molecule has 2 N–H and O–H groups in total. The molecule has 0 aliphatic carbocycles. The number of likely N-dealkylation sites (tertiary alicyclic amines) is 1. The zero-order valence-electron chi connectivity index (χ0n) is 18.7. The number of nitrogens with zero attached hydrogens (tertiary/aromatic N) is 2. The number of hydrogen-bond donors (Lipinski definition) is 2. The summed E-state index contributed by atoms with van der Waals surface area (Å²) in [6.07, 6.45) is 2.33. The lowest BCUT2D eigenvalue weighted by Crippen LogP contribution is -2.28. The number of methoxy groups -OCH3 is 1. The van der Waals surface area contributed by atoms with Gasteiger partial charge in [0.15, 0.2) is 0 Å². The maximum atomic E-state index is 12.2. The predicted molar refractivity (Wildman–Crippen MR) is 127 cm³/mol. The molecule has 1 fully saturated rings. The molecule has 3 aromatic rings. The number of carbonyl (C=O) groups is 1. The molecule has 2 amide bonds. The Morgan fingerprint density at radius 3 is 2.53 bits per heavy atom. The number of hydrogen-bond acceptors (Lipinski definition) is 4. The van der Waals surface area contributed by atoms with Crippen molar-refractivity contribution >= 4 is 11.7 Å². The molecule has 4 rings (SSSR count). The zero-order valence-corrected chi connectivity index (χ0v) is 18.7. The van der Waals surface area contributed by atoms with Crippen LogP contribution >= 0.6 is 0 Å². The third-order valence-corrected chi connectivity index (χ3v) is 5.82. The van der Waals surface area contributed by atoms with Crippen molar-refractivity contribution in [2.45, 2.75) is 38.9 Å². The van der Waals surface area contributed by atoms with Crippen molar-refractivity contribution < 1.29 is 9.53 Å². The quantitative estimate of drug-likeness (QED) is 0.550. The molecule has 2 heterocycles. The number of urea groups is 1. The number of pyridine rings is 1. The first kappa shape index (κ1) is 21.8. The van der Waals surface area contributed by atoms with Crippen molar-refractivity contribution in [1.82, 2.24) is 15.2 Å². The van der Waals surface area contributed by atoms with Crippen LogP contribution in [0.2, 0.25) is 0 Å². The highest BCUT2D eigenvalue weighted by Crippen LogP contribution is 2.32. The molecule has 1 unspecified atom stereocenters. The second-order valence-electron chi connectivity index (χ2n) is 8.19. The van der Waals surface area contributed by atoms with Crippen molar-refractivity contribution in [3.63, 3.8) is 0 Å². The number of anilines is 1. The summed E-state index contributed by atoms with van der Waals surface area (Å²) in [5.41, 5.74) is 5.25. The lowest BCUT2D eigenvalue weighted by atomic mass is 10.1. The fraction of sp³-hybridized carbons (Fsp3) is 0.308. The molecule has 0 radical (unpaired) electrons. The van der Waals surface area contributed by atoms with E-state index in [0.717, 1.165) is 47.9 Å². The summed E-state index contributed by atoms with van der Waals surface area (Å²) in [6.45, 7) is 4.46. The largest absolute Gasteiger partial charge is 0.497 e. The van der Waals surface area contributed by atoms with Crippen LogP contribution in [0.15, 0.2) is 66.7 Å². The molecular weight excluding hydrogens is 400 g/mol. The Kier molecular flexibility index (Phi) is 7.02. The minimum atomic E-state index is -0.223. The molecule has 6 heteroatoms. The number of rotatable bonds is 7. The fourth-order valence-electron chi connectivity index (χ4n) is 4.13. The summed E-state index contributed by atoms with van der Waals surface area (Å²) in [5, 5.41) is 5.78. The van der Waals surface area contributed by atoms with Crippen LogP contribution in [0.1, 0.15) is 41.4 Å². The van der Waals surface area contributed by atoms with Gasteiger partial charge in [-0.1, -0.05) is 30.3 Å². The molecule has 166 valence electrons. The monoisotopic (exact) mass is 430 g/mol. The molecule has 1 aliphatic heterocycles. The fourth-order valence-corrected chi connectivity index (χ4v) is 4.13. The summed E-state index contributed by atoms with van der Waals surface area (Å²) in [5.74, 6) is 0.800. The van der Waals surface area contributed by atoms with Crippen LogP contribution in [0.25, 0.3) is 0 Å². The van der Waals surface area contributed by atoms with Crippen LogP contribution < -0.4 is 15.4 Å². The Morgan fingerprint density at radius 2 is 1.81 bits per heavy atom. The average Bonchev–Trinajstić information content (AvgIpc) is 3.27. The van der Waals surface area contributed by atoms with Crippen LogP contribution in [-0.2, 0) is 13.1 Å². The lowest BCUT2D eigenvalue weighted by molar-refractivity contribution is 0.244. The van der Waals surface area contributed by atoms with E-state index in [1.54, 1.807) is 7.11 Å². The second kappa shape index (κ2) is 10.3. The van der Waals surface area contributed by atoms with Gasteiger partial charge >= 0.3 is 6.03 Å². The summed E-state index contributed by atoms with van der Waals surface area (Å²) in [4.78, 5) is 19.5. The van der Waals surface area contributed by atoms with E-state index >= 15 is 0 Å². The molecule has 32 heavy (non-hydrogen) atoms. The summed E-state index contributed by atoms with van der Waals surface area (Å²) in [6, 6.07) is 22.1. The second-order valence-corrected chi connectivity index (χ2v) is 8.19. The maximum absolute atomic E-state index is 12.2. The summed E-state index contributed by atoms with van der Waals surface area (Å²) >= 11 is 0. The molecule has 6 nitrogen and oxygen atoms in total. The van der Waals surface area contributed by atoms with E-state index in [-0.39, 0.29) is 6.03 Å². The predicted octanol–water partition coefficient (Wildman–Crippen LogP) is 5.06. The molecule has 0 spiro atoms. The van der Waals surface area contributed by atoms with Gasteiger partial charge in [-0.25, -0.2) is 4.79 Å². The normalized spacial score (nSPS) is 16.0. The number of benzene rings is 2. The lowest BCUT2D eigenvalue weighted by Gasteiger charge is -2.24. The zero-order chi connectivity index (χ0) is 22.3. The molecule has 2 aromatic carbocycles. The summed E-state index contributed by atoms with van der Waals surface area (Å²) in [7, 11) is 1.64. The highest BCUT2D eigenvalue weighted by molar-refractivity contribution is 5.89. The summed E-state index contributed by atoms with van der Waals surface area (Å²) < 4.78 is 5.15. The Balaban J connectivity index is 1.29. The van der Waals surface area contributed by atoms with E-state index in [4.69, 9.17) is 9.72 Å². The standard InChI is InChI=1S/C26H30N4O2/c1-19-5-3-6-24(28-19)25-7-4-16-30(25)18-21-8-12-22(13-9-21)29-26(31)27-17-20-10-14-23(32-2)15-11-20/h3,5-6,8-15,25H,4,7,16-18H2,1-2H3,(H2,27,29,31). The number of amides is 2. The third kappa shape index (κ3) is 5.65. The van der Waals surface area contributed by atoms with E-state index in [2.05, 4.69) is 39.8 Å². The van der Waals surface area contributed by atoms with Gasteiger partial charge in [0.1, 0.15) is 5.75 Å². The van der Waals surface area contributed by atoms with Crippen LogP contribution in [0, 0.1) is 6.92 Å².